The van der Waals surface area contributed by atoms with Gasteiger partial charge in [0.15, 0.2) is 0 Å². The Morgan fingerprint density at radius 3 is 2.28 bits per heavy atom. The van der Waals surface area contributed by atoms with Crippen molar-refractivity contribution in [3.63, 3.8) is 0 Å². The summed E-state index contributed by atoms with van der Waals surface area (Å²) in [6, 6.07) is 22.9. The van der Waals surface area contributed by atoms with Crippen molar-refractivity contribution in [3.8, 4) is 17.1 Å². The zero-order chi connectivity index (χ0) is 33.8. The van der Waals surface area contributed by atoms with Crippen molar-refractivity contribution in [2.45, 2.75) is 57.2 Å². The molecule has 10 heteroatoms. The second-order valence-corrected chi connectivity index (χ2v) is 18.8. The summed E-state index contributed by atoms with van der Waals surface area (Å²) in [5.74, 6) is 0.757. The van der Waals surface area contributed by atoms with Crippen LogP contribution >= 0.6 is 15.9 Å². The zero-order valence-electron chi connectivity index (χ0n) is 27.5. The summed E-state index contributed by atoms with van der Waals surface area (Å²) < 4.78 is 26.9. The quantitative estimate of drug-likeness (QED) is 0.120. The Labute approximate surface area is 285 Å². The SMILES string of the molecule is CC(C)(C)[Si](C)(C)Oc1ccc(CBr)cc1.O=C(O)C1CN(Cc2ccc(-c3cc4cc(Cc5ncccn5)ccc4o3)c(F)c2)C1. The lowest BCUT2D eigenvalue weighted by Crippen LogP contribution is -2.49. The molecule has 3 aromatic carbocycles. The van der Waals surface area contributed by atoms with Gasteiger partial charge < -0.3 is 13.9 Å². The topological polar surface area (TPSA) is 88.7 Å². The average molecular weight is 719 g/mol. The Balaban J connectivity index is 0.000000230. The predicted octanol–water partition coefficient (Wildman–Crippen LogP) is 9.10. The van der Waals surface area contributed by atoms with Crippen molar-refractivity contribution in [2.75, 3.05) is 13.1 Å². The fraction of sp³-hybridized carbons (Fsp3) is 0.324. The van der Waals surface area contributed by atoms with Crippen molar-refractivity contribution >= 4 is 41.2 Å². The molecule has 1 fully saturated rings. The third kappa shape index (κ3) is 8.74. The van der Waals surface area contributed by atoms with E-state index in [1.165, 1.54) is 11.6 Å². The second kappa shape index (κ2) is 14.5. The number of rotatable bonds is 9. The molecular formula is C37H41BrFN3O4Si. The fourth-order valence-electron chi connectivity index (χ4n) is 5.00. The molecule has 0 amide bonds. The number of alkyl halides is 1. The molecule has 5 aromatic rings. The van der Waals surface area contributed by atoms with Gasteiger partial charge in [0.1, 0.15) is 28.7 Å². The first-order chi connectivity index (χ1) is 22.3. The van der Waals surface area contributed by atoms with Gasteiger partial charge in [-0.25, -0.2) is 14.4 Å². The normalized spacial score (nSPS) is 13.9. The van der Waals surface area contributed by atoms with E-state index in [2.05, 4.69) is 84.0 Å². The molecule has 0 aliphatic carbocycles. The van der Waals surface area contributed by atoms with Crippen LogP contribution < -0.4 is 4.43 Å². The minimum Gasteiger partial charge on any atom is -0.544 e. The van der Waals surface area contributed by atoms with E-state index in [4.69, 9.17) is 13.9 Å². The van der Waals surface area contributed by atoms with Crippen LogP contribution in [0, 0.1) is 11.7 Å². The summed E-state index contributed by atoms with van der Waals surface area (Å²) in [6.07, 6.45) is 4.05. The number of carboxylic acids is 1. The maximum atomic E-state index is 14.8. The first kappa shape index (κ1) is 34.5. The minimum absolute atomic E-state index is 0.251. The molecule has 1 aliphatic rings. The van der Waals surface area contributed by atoms with Crippen LogP contribution in [0.25, 0.3) is 22.3 Å². The van der Waals surface area contributed by atoms with Gasteiger partial charge in [-0.1, -0.05) is 61.0 Å². The van der Waals surface area contributed by atoms with Crippen molar-refractivity contribution in [1.29, 1.82) is 0 Å². The van der Waals surface area contributed by atoms with E-state index in [-0.39, 0.29) is 16.8 Å². The Morgan fingerprint density at radius 1 is 1.00 bits per heavy atom. The van der Waals surface area contributed by atoms with E-state index >= 15 is 0 Å². The number of nitrogens with zero attached hydrogens (tertiary/aromatic N) is 3. The molecule has 0 radical (unpaired) electrons. The number of hydrogen-bond acceptors (Lipinski definition) is 6. The second-order valence-electron chi connectivity index (χ2n) is 13.5. The number of benzene rings is 3. The third-order valence-electron chi connectivity index (χ3n) is 8.83. The number of halogens is 2. The molecule has 0 unspecified atom stereocenters. The summed E-state index contributed by atoms with van der Waals surface area (Å²) in [5.41, 5.74) is 4.24. The number of furan rings is 1. The van der Waals surface area contributed by atoms with Crippen LogP contribution in [-0.2, 0) is 23.1 Å². The number of fused-ring (bicyclic) bond motifs is 1. The summed E-state index contributed by atoms with van der Waals surface area (Å²) in [5, 5.41) is 11.0. The lowest BCUT2D eigenvalue weighted by molar-refractivity contribution is -0.147. The molecule has 246 valence electrons. The van der Waals surface area contributed by atoms with Crippen LogP contribution in [0.1, 0.15) is 43.3 Å². The van der Waals surface area contributed by atoms with Gasteiger partial charge >= 0.3 is 5.97 Å². The molecule has 7 nitrogen and oxygen atoms in total. The number of likely N-dealkylation sites (tertiary alicyclic amines) is 1. The molecule has 0 spiro atoms. The fourth-order valence-corrected chi connectivity index (χ4v) is 6.41. The van der Waals surface area contributed by atoms with Crippen LogP contribution in [0.3, 0.4) is 0 Å². The molecule has 1 N–H and O–H groups in total. The lowest BCUT2D eigenvalue weighted by Gasteiger charge is -2.36. The molecule has 47 heavy (non-hydrogen) atoms. The highest BCUT2D eigenvalue weighted by atomic mass is 79.9. The number of aliphatic carboxylic acids is 1. The predicted molar refractivity (Wildman–Crippen MR) is 190 cm³/mol. The first-order valence-electron chi connectivity index (χ1n) is 15.7. The molecule has 1 aliphatic heterocycles. The van der Waals surface area contributed by atoms with Crippen LogP contribution in [0.4, 0.5) is 4.39 Å². The average Bonchev–Trinajstić information content (AvgIpc) is 3.42. The molecule has 1 saturated heterocycles. The lowest BCUT2D eigenvalue weighted by atomic mass is 9.99. The third-order valence-corrected chi connectivity index (χ3v) is 13.8. The first-order valence-corrected chi connectivity index (χ1v) is 19.7. The van der Waals surface area contributed by atoms with Gasteiger partial charge in [0.25, 0.3) is 0 Å². The monoisotopic (exact) mass is 717 g/mol. The summed E-state index contributed by atoms with van der Waals surface area (Å²) in [4.78, 5) is 21.4. The van der Waals surface area contributed by atoms with E-state index in [0.717, 1.165) is 33.4 Å². The maximum absolute atomic E-state index is 14.8. The molecule has 0 bridgehead atoms. The highest BCUT2D eigenvalue weighted by Crippen LogP contribution is 2.37. The van der Waals surface area contributed by atoms with Crippen LogP contribution in [0.15, 0.2) is 89.6 Å². The van der Waals surface area contributed by atoms with Crippen molar-refractivity contribution in [3.05, 3.63) is 114 Å². The maximum Gasteiger partial charge on any atom is 0.309 e. The Kier molecular flexibility index (Phi) is 10.6. The highest BCUT2D eigenvalue weighted by Gasteiger charge is 2.39. The van der Waals surface area contributed by atoms with Gasteiger partial charge in [0, 0.05) is 49.2 Å². The van der Waals surface area contributed by atoms with E-state index < -0.39 is 14.3 Å². The van der Waals surface area contributed by atoms with Gasteiger partial charge in [-0.15, -0.1) is 0 Å². The number of aromatic nitrogens is 2. The molecule has 0 atom stereocenters. The summed E-state index contributed by atoms with van der Waals surface area (Å²) >= 11 is 3.44. The molecule has 6 rings (SSSR count). The van der Waals surface area contributed by atoms with Crippen LogP contribution in [0.5, 0.6) is 5.75 Å². The summed E-state index contributed by atoms with van der Waals surface area (Å²) in [6.45, 7) is 12.8. The van der Waals surface area contributed by atoms with Crippen LogP contribution in [-0.4, -0.2) is 47.4 Å². The molecule has 2 aromatic heterocycles. The van der Waals surface area contributed by atoms with E-state index in [0.29, 0.717) is 43.0 Å². The number of hydrogen-bond donors (Lipinski definition) is 1. The minimum atomic E-state index is -1.69. The standard InChI is InChI=1S/C24H20FN3O3.C13H21BrOSi/c25-20-9-16(12-28-13-18(14-28)24(29)30)2-4-19(20)22-11-17-8-15(3-5-21(17)31-22)10-23-26-6-1-7-27-23;1-13(2,3)16(4,5)15-12-8-6-11(10-14)7-9-12/h1-9,11,18H,10,12-14H2,(H,29,30);6-9H,10H2,1-5H3. The van der Waals surface area contributed by atoms with Crippen molar-refractivity contribution in [1.82, 2.24) is 14.9 Å². The Hall–Kier alpha value is -3.86. The largest absolute Gasteiger partial charge is 0.544 e. The number of carboxylic acid groups (broad SMARTS) is 1. The van der Waals surface area contributed by atoms with Gasteiger partial charge in [0.2, 0.25) is 8.32 Å². The van der Waals surface area contributed by atoms with Gasteiger partial charge in [0.05, 0.1) is 11.5 Å². The van der Waals surface area contributed by atoms with Crippen molar-refractivity contribution in [2.24, 2.45) is 5.92 Å². The number of carbonyl (C=O) groups is 1. The molecule has 0 saturated carbocycles. The highest BCUT2D eigenvalue weighted by molar-refractivity contribution is 9.08. The molecule has 3 heterocycles. The van der Waals surface area contributed by atoms with E-state index in [9.17, 15) is 9.18 Å². The summed E-state index contributed by atoms with van der Waals surface area (Å²) in [7, 11) is -1.69. The van der Waals surface area contributed by atoms with Crippen molar-refractivity contribution < 1.29 is 23.1 Å². The van der Waals surface area contributed by atoms with Gasteiger partial charge in [-0.05, 0) is 83.4 Å². The van der Waals surface area contributed by atoms with E-state index in [1.807, 2.05) is 35.2 Å². The van der Waals surface area contributed by atoms with Gasteiger partial charge in [-0.2, -0.15) is 0 Å². The zero-order valence-corrected chi connectivity index (χ0v) is 30.1. The smallest absolute Gasteiger partial charge is 0.309 e. The Morgan fingerprint density at radius 2 is 1.66 bits per heavy atom. The van der Waals surface area contributed by atoms with Gasteiger partial charge in [-0.3, -0.25) is 9.69 Å². The molecular weight excluding hydrogens is 677 g/mol. The van der Waals surface area contributed by atoms with E-state index in [1.54, 1.807) is 24.5 Å². The Bertz CT molecular complexity index is 1820. The van der Waals surface area contributed by atoms with Crippen LogP contribution in [0.2, 0.25) is 18.1 Å².